The summed E-state index contributed by atoms with van der Waals surface area (Å²) >= 11 is 0. The molecule has 0 aliphatic rings. The second kappa shape index (κ2) is 8.07. The van der Waals surface area contributed by atoms with E-state index in [1.54, 1.807) is 6.20 Å². The lowest BCUT2D eigenvalue weighted by molar-refractivity contribution is 0.0454. The molecule has 0 aliphatic carbocycles. The van der Waals surface area contributed by atoms with Crippen molar-refractivity contribution in [1.29, 1.82) is 0 Å². The number of nitrogens with one attached hydrogen (secondary N) is 1. The third kappa shape index (κ3) is 4.59. The van der Waals surface area contributed by atoms with Crippen LogP contribution in [0.25, 0.3) is 0 Å². The minimum absolute atomic E-state index is 0.573. The fraction of sp³-hybridized carbons (Fsp3) is 0.583. The summed E-state index contributed by atoms with van der Waals surface area (Å²) in [7, 11) is 0. The fourth-order valence-corrected chi connectivity index (χ4v) is 1.33. The maximum Gasteiger partial charge on any atom is 0.131 e. The molecule has 0 saturated carbocycles. The Labute approximate surface area is 97.0 Å². The van der Waals surface area contributed by atoms with Crippen molar-refractivity contribution in [3.8, 4) is 0 Å². The van der Waals surface area contributed by atoms with Gasteiger partial charge in [0, 0.05) is 24.9 Å². The summed E-state index contributed by atoms with van der Waals surface area (Å²) in [5.74, 6) is 0.904. The van der Waals surface area contributed by atoms with E-state index < -0.39 is 0 Å². The first-order chi connectivity index (χ1) is 7.88. The highest BCUT2D eigenvalue weighted by molar-refractivity contribution is 5.42. The largest absolute Gasteiger partial charge is 0.379 e. The van der Waals surface area contributed by atoms with Gasteiger partial charge in [-0.2, -0.15) is 0 Å². The van der Waals surface area contributed by atoms with Crippen molar-refractivity contribution in [2.45, 2.75) is 20.5 Å². The molecule has 0 bridgehead atoms. The fourth-order valence-electron chi connectivity index (χ4n) is 1.33. The monoisotopic (exact) mass is 224 g/mol. The Balaban J connectivity index is 2.34. The molecular weight excluding hydrogens is 204 g/mol. The lowest BCUT2D eigenvalue weighted by Gasteiger charge is -2.09. The van der Waals surface area contributed by atoms with Crippen molar-refractivity contribution in [2.75, 3.05) is 31.7 Å². The molecule has 90 valence electrons. The van der Waals surface area contributed by atoms with E-state index in [0.717, 1.165) is 24.5 Å². The first kappa shape index (κ1) is 12.9. The van der Waals surface area contributed by atoms with Gasteiger partial charge in [0.1, 0.15) is 5.82 Å². The normalized spacial score (nSPS) is 10.4. The molecule has 0 unspecified atom stereocenters. The topological polar surface area (TPSA) is 43.4 Å². The van der Waals surface area contributed by atoms with E-state index in [9.17, 15) is 0 Å². The van der Waals surface area contributed by atoms with E-state index in [1.807, 2.05) is 19.1 Å². The van der Waals surface area contributed by atoms with Crippen LogP contribution in [-0.4, -0.2) is 31.3 Å². The average molecular weight is 224 g/mol. The minimum Gasteiger partial charge on any atom is -0.379 e. The summed E-state index contributed by atoms with van der Waals surface area (Å²) in [5.41, 5.74) is 1.08. The van der Waals surface area contributed by atoms with Crippen molar-refractivity contribution in [3.63, 3.8) is 0 Å². The molecule has 1 rings (SSSR count). The maximum atomic E-state index is 5.50. The minimum atomic E-state index is 0.573. The van der Waals surface area contributed by atoms with E-state index in [-0.39, 0.29) is 0 Å². The summed E-state index contributed by atoms with van der Waals surface area (Å²) in [4.78, 5) is 4.26. The Morgan fingerprint density at radius 3 is 2.81 bits per heavy atom. The van der Waals surface area contributed by atoms with E-state index in [4.69, 9.17) is 9.47 Å². The van der Waals surface area contributed by atoms with Gasteiger partial charge in [-0.3, -0.25) is 0 Å². The molecule has 0 radical (unpaired) electrons. The summed E-state index contributed by atoms with van der Waals surface area (Å²) in [6.45, 7) is 7.46. The lowest BCUT2D eigenvalue weighted by Crippen LogP contribution is -2.07. The second-order valence-electron chi connectivity index (χ2n) is 3.29. The van der Waals surface area contributed by atoms with Crippen LogP contribution in [0.1, 0.15) is 19.4 Å². The Morgan fingerprint density at radius 1 is 1.25 bits per heavy atom. The van der Waals surface area contributed by atoms with Gasteiger partial charge in [-0.25, -0.2) is 4.98 Å². The molecule has 1 heterocycles. The molecule has 4 nitrogen and oxygen atoms in total. The van der Waals surface area contributed by atoms with Gasteiger partial charge in [-0.1, -0.05) is 6.07 Å². The first-order valence-corrected chi connectivity index (χ1v) is 5.71. The highest BCUT2D eigenvalue weighted by atomic mass is 16.5. The molecule has 0 spiro atoms. The van der Waals surface area contributed by atoms with Gasteiger partial charge in [0.15, 0.2) is 0 Å². The molecule has 0 amide bonds. The van der Waals surface area contributed by atoms with Crippen LogP contribution in [0.3, 0.4) is 0 Å². The number of aromatic nitrogens is 1. The van der Waals surface area contributed by atoms with Gasteiger partial charge in [0.25, 0.3) is 0 Å². The van der Waals surface area contributed by atoms with E-state index in [1.165, 1.54) is 0 Å². The molecule has 4 heteroatoms. The van der Waals surface area contributed by atoms with E-state index in [0.29, 0.717) is 19.8 Å². The van der Waals surface area contributed by atoms with Gasteiger partial charge >= 0.3 is 0 Å². The zero-order valence-electron chi connectivity index (χ0n) is 10.0. The predicted octanol–water partition coefficient (Wildman–Crippen LogP) is 2.07. The van der Waals surface area contributed by atoms with Crippen LogP contribution >= 0.6 is 0 Å². The lowest BCUT2D eigenvalue weighted by atomic mass is 10.2. The Morgan fingerprint density at radius 2 is 2.06 bits per heavy atom. The molecule has 0 aliphatic heterocycles. The number of anilines is 1. The van der Waals surface area contributed by atoms with Crippen molar-refractivity contribution in [1.82, 2.24) is 4.98 Å². The predicted molar refractivity (Wildman–Crippen MR) is 64.5 cm³/mol. The van der Waals surface area contributed by atoms with Crippen LogP contribution in [0.15, 0.2) is 18.3 Å². The third-order valence-corrected chi connectivity index (χ3v) is 2.07. The van der Waals surface area contributed by atoms with Crippen LogP contribution in [0.2, 0.25) is 0 Å². The summed E-state index contributed by atoms with van der Waals surface area (Å²) in [6.07, 6.45) is 1.78. The van der Waals surface area contributed by atoms with Gasteiger partial charge in [-0.05, 0) is 19.9 Å². The van der Waals surface area contributed by atoms with Crippen LogP contribution in [0.4, 0.5) is 5.82 Å². The molecular formula is C12H20N2O2. The number of pyridine rings is 1. The quantitative estimate of drug-likeness (QED) is 0.686. The molecule has 1 aromatic heterocycles. The van der Waals surface area contributed by atoms with Crippen molar-refractivity contribution < 1.29 is 9.47 Å². The highest BCUT2D eigenvalue weighted by Crippen LogP contribution is 2.11. The first-order valence-electron chi connectivity index (χ1n) is 5.71. The van der Waals surface area contributed by atoms with Crippen molar-refractivity contribution in [3.05, 3.63) is 23.9 Å². The van der Waals surface area contributed by atoms with E-state index >= 15 is 0 Å². The van der Waals surface area contributed by atoms with Gasteiger partial charge in [0.05, 0.1) is 19.8 Å². The Bertz CT molecular complexity index is 292. The molecule has 1 aromatic rings. The van der Waals surface area contributed by atoms with Gasteiger partial charge in [-0.15, -0.1) is 0 Å². The van der Waals surface area contributed by atoms with Crippen molar-refractivity contribution in [2.24, 2.45) is 0 Å². The zero-order valence-corrected chi connectivity index (χ0v) is 10.0. The number of hydrogen-bond acceptors (Lipinski definition) is 4. The molecule has 0 atom stereocenters. The van der Waals surface area contributed by atoms with E-state index in [2.05, 4.69) is 17.2 Å². The van der Waals surface area contributed by atoms with Crippen LogP contribution < -0.4 is 5.32 Å². The SMILES string of the molecule is CCNc1ncccc1COCCOCC. The van der Waals surface area contributed by atoms with Crippen LogP contribution in [0, 0.1) is 0 Å². The molecule has 1 N–H and O–H groups in total. The smallest absolute Gasteiger partial charge is 0.131 e. The highest BCUT2D eigenvalue weighted by Gasteiger charge is 2.01. The average Bonchev–Trinajstić information content (AvgIpc) is 2.31. The molecule has 0 saturated heterocycles. The number of hydrogen-bond donors (Lipinski definition) is 1. The zero-order chi connectivity index (χ0) is 11.6. The van der Waals surface area contributed by atoms with Crippen LogP contribution in [0.5, 0.6) is 0 Å². The van der Waals surface area contributed by atoms with Crippen LogP contribution in [-0.2, 0) is 16.1 Å². The molecule has 0 fully saturated rings. The summed E-state index contributed by atoms with van der Waals surface area (Å²) in [6, 6.07) is 3.94. The number of nitrogens with zero attached hydrogens (tertiary/aromatic N) is 1. The van der Waals surface area contributed by atoms with Gasteiger partial charge in [0.2, 0.25) is 0 Å². The van der Waals surface area contributed by atoms with Crippen molar-refractivity contribution >= 4 is 5.82 Å². The molecule has 0 aromatic carbocycles. The summed E-state index contributed by atoms with van der Waals surface area (Å²) < 4.78 is 10.7. The Kier molecular flexibility index (Phi) is 6.53. The van der Waals surface area contributed by atoms with Gasteiger partial charge < -0.3 is 14.8 Å². The number of ether oxygens (including phenoxy) is 2. The maximum absolute atomic E-state index is 5.50. The standard InChI is InChI=1S/C12H20N2O2/c1-3-13-12-11(6-5-7-14-12)10-16-9-8-15-4-2/h5-7H,3-4,8-10H2,1-2H3,(H,13,14). The second-order valence-corrected chi connectivity index (χ2v) is 3.29. The third-order valence-electron chi connectivity index (χ3n) is 2.07. The Hall–Kier alpha value is -1.13. The summed E-state index contributed by atoms with van der Waals surface area (Å²) in [5, 5.41) is 3.21. The number of rotatable bonds is 8. The molecule has 16 heavy (non-hydrogen) atoms.